The minimum atomic E-state index is -4.35. The van der Waals surface area contributed by atoms with Crippen LogP contribution in [0.25, 0.3) is 0 Å². The number of hydrogen-bond donors (Lipinski definition) is 0. The van der Waals surface area contributed by atoms with Crippen LogP contribution in [0.1, 0.15) is 31.9 Å². The van der Waals surface area contributed by atoms with Gasteiger partial charge >= 0.3 is 6.18 Å². The van der Waals surface area contributed by atoms with Crippen LogP contribution in [0.15, 0.2) is 18.2 Å². The zero-order valence-electron chi connectivity index (χ0n) is 12.4. The first-order chi connectivity index (χ1) is 8.88. The minimum Gasteiger partial charge on any atom is -0.543 e. The second-order valence-electron chi connectivity index (χ2n) is 6.32. The van der Waals surface area contributed by atoms with Crippen molar-refractivity contribution < 1.29 is 17.6 Å². The van der Waals surface area contributed by atoms with E-state index in [0.717, 1.165) is 17.7 Å². The number of alkyl halides is 4. The summed E-state index contributed by atoms with van der Waals surface area (Å²) in [4.78, 5) is 0. The van der Waals surface area contributed by atoms with Crippen LogP contribution in [0, 0.1) is 0 Å². The van der Waals surface area contributed by atoms with Crippen LogP contribution in [0.3, 0.4) is 0 Å². The zero-order chi connectivity index (χ0) is 15.8. The van der Waals surface area contributed by atoms with Crippen molar-refractivity contribution >= 4 is 24.2 Å². The second-order valence-corrected chi connectivity index (χ2v) is 11.6. The molecule has 0 bridgehead atoms. The van der Waals surface area contributed by atoms with Crippen molar-refractivity contribution in [2.45, 2.75) is 50.4 Å². The number of hydrogen-bond acceptors (Lipinski definition) is 1. The lowest BCUT2D eigenvalue weighted by Gasteiger charge is -2.37. The molecule has 0 aliphatic heterocycles. The molecule has 20 heavy (non-hydrogen) atoms. The molecule has 1 aromatic carbocycles. The number of benzene rings is 1. The van der Waals surface area contributed by atoms with E-state index in [1.807, 2.05) is 13.1 Å². The Morgan fingerprint density at radius 2 is 1.70 bits per heavy atom. The van der Waals surface area contributed by atoms with Crippen molar-refractivity contribution in [3.8, 4) is 5.75 Å². The molecule has 1 rings (SSSR count). The van der Waals surface area contributed by atoms with E-state index in [4.69, 9.17) is 4.43 Å². The fourth-order valence-electron chi connectivity index (χ4n) is 1.36. The van der Waals surface area contributed by atoms with Crippen molar-refractivity contribution in [1.82, 2.24) is 0 Å². The van der Waals surface area contributed by atoms with Crippen LogP contribution in [0.4, 0.5) is 13.2 Å². The van der Waals surface area contributed by atoms with Crippen molar-refractivity contribution in [1.29, 1.82) is 0 Å². The maximum atomic E-state index is 12.8. The molecule has 0 aliphatic rings. The van der Waals surface area contributed by atoms with E-state index in [1.54, 1.807) is 0 Å². The van der Waals surface area contributed by atoms with Crippen LogP contribution >= 0.6 is 15.9 Å². The van der Waals surface area contributed by atoms with Crippen molar-refractivity contribution in [3.05, 3.63) is 29.3 Å². The first-order valence-electron chi connectivity index (χ1n) is 6.33. The molecular formula is C14H20BrF3OSi. The third-order valence-electron chi connectivity index (χ3n) is 3.71. The van der Waals surface area contributed by atoms with Gasteiger partial charge in [-0.3, -0.25) is 0 Å². The topological polar surface area (TPSA) is 9.23 Å². The van der Waals surface area contributed by atoms with Gasteiger partial charge < -0.3 is 4.43 Å². The SMILES string of the molecule is CC(C)(C)[Si](C)(C)Oc1cc(C(F)(F)F)ccc1CBr. The Labute approximate surface area is 127 Å². The van der Waals surface area contributed by atoms with Gasteiger partial charge in [-0.2, -0.15) is 13.2 Å². The minimum absolute atomic E-state index is 0.0647. The van der Waals surface area contributed by atoms with Gasteiger partial charge in [0.1, 0.15) is 5.75 Å². The molecule has 0 unspecified atom stereocenters. The lowest BCUT2D eigenvalue weighted by molar-refractivity contribution is -0.137. The van der Waals surface area contributed by atoms with Crippen molar-refractivity contribution in [3.63, 3.8) is 0 Å². The van der Waals surface area contributed by atoms with E-state index in [0.29, 0.717) is 11.1 Å². The predicted molar refractivity (Wildman–Crippen MR) is 81.9 cm³/mol. The highest BCUT2D eigenvalue weighted by molar-refractivity contribution is 9.08. The molecule has 114 valence electrons. The molecular weight excluding hydrogens is 349 g/mol. The Kier molecular flexibility index (Phi) is 5.02. The summed E-state index contributed by atoms with van der Waals surface area (Å²) in [6.45, 7) is 10.2. The first-order valence-corrected chi connectivity index (χ1v) is 10.4. The second kappa shape index (κ2) is 5.71. The van der Waals surface area contributed by atoms with Gasteiger partial charge in [-0.05, 0) is 30.3 Å². The van der Waals surface area contributed by atoms with Gasteiger partial charge in [0, 0.05) is 10.9 Å². The number of halogens is 4. The van der Waals surface area contributed by atoms with Gasteiger partial charge in [-0.25, -0.2) is 0 Å². The summed E-state index contributed by atoms with van der Waals surface area (Å²) in [5.41, 5.74) is 0.0683. The van der Waals surface area contributed by atoms with Crippen LogP contribution in [-0.2, 0) is 11.5 Å². The summed E-state index contributed by atoms with van der Waals surface area (Å²) in [5.74, 6) is 0.336. The monoisotopic (exact) mass is 368 g/mol. The molecule has 1 aromatic rings. The Morgan fingerprint density at radius 3 is 2.10 bits per heavy atom. The maximum absolute atomic E-state index is 12.8. The highest BCUT2D eigenvalue weighted by Gasteiger charge is 2.40. The summed E-state index contributed by atoms with van der Waals surface area (Å²) in [6, 6.07) is 3.67. The Bertz CT molecular complexity index is 478. The molecule has 0 N–H and O–H groups in total. The normalized spacial score (nSPS) is 13.4. The molecule has 0 heterocycles. The van der Waals surface area contributed by atoms with Gasteiger partial charge in [0.2, 0.25) is 8.32 Å². The first kappa shape index (κ1) is 17.6. The standard InChI is InChI=1S/C14H20BrF3OSi/c1-13(2,3)20(4,5)19-12-8-11(14(16,17)18)7-6-10(12)9-15/h6-8H,9H2,1-5H3. The van der Waals surface area contributed by atoms with Gasteiger partial charge in [-0.1, -0.05) is 42.8 Å². The average molecular weight is 369 g/mol. The van der Waals surface area contributed by atoms with E-state index in [1.165, 1.54) is 6.07 Å². The summed E-state index contributed by atoms with van der Waals surface area (Å²) < 4.78 is 44.5. The summed E-state index contributed by atoms with van der Waals surface area (Å²) in [5, 5.41) is 0.403. The smallest absolute Gasteiger partial charge is 0.416 e. The highest BCUT2D eigenvalue weighted by Crippen LogP contribution is 2.40. The van der Waals surface area contributed by atoms with Crippen molar-refractivity contribution in [2.24, 2.45) is 0 Å². The summed E-state index contributed by atoms with van der Waals surface area (Å²) in [6.07, 6.45) is -4.35. The molecule has 0 saturated carbocycles. The zero-order valence-corrected chi connectivity index (χ0v) is 14.9. The van der Waals surface area contributed by atoms with Gasteiger partial charge in [0.15, 0.2) is 0 Å². The molecule has 0 fully saturated rings. The van der Waals surface area contributed by atoms with Crippen LogP contribution in [0.5, 0.6) is 5.75 Å². The Morgan fingerprint density at radius 1 is 1.15 bits per heavy atom. The quantitative estimate of drug-likeness (QED) is 0.470. The van der Waals surface area contributed by atoms with E-state index in [2.05, 4.69) is 36.7 Å². The van der Waals surface area contributed by atoms with Gasteiger partial charge in [0.05, 0.1) is 5.56 Å². The molecule has 0 radical (unpaired) electrons. The Hall–Kier alpha value is -0.493. The van der Waals surface area contributed by atoms with E-state index < -0.39 is 20.1 Å². The molecule has 0 spiro atoms. The fraction of sp³-hybridized carbons (Fsp3) is 0.571. The lowest BCUT2D eigenvalue weighted by atomic mass is 10.1. The molecule has 6 heteroatoms. The van der Waals surface area contributed by atoms with Gasteiger partial charge in [0.25, 0.3) is 0 Å². The van der Waals surface area contributed by atoms with Gasteiger partial charge in [-0.15, -0.1) is 0 Å². The summed E-state index contributed by atoms with van der Waals surface area (Å²) >= 11 is 3.30. The molecule has 0 aromatic heterocycles. The van der Waals surface area contributed by atoms with Crippen molar-refractivity contribution in [2.75, 3.05) is 0 Å². The van der Waals surface area contributed by atoms with Crippen LogP contribution < -0.4 is 4.43 Å². The summed E-state index contributed by atoms with van der Waals surface area (Å²) in [7, 11) is -2.16. The Balaban J connectivity index is 3.23. The van der Waals surface area contributed by atoms with Crippen LogP contribution in [0.2, 0.25) is 18.1 Å². The van der Waals surface area contributed by atoms with E-state index in [9.17, 15) is 13.2 Å². The third-order valence-corrected chi connectivity index (χ3v) is 8.66. The van der Waals surface area contributed by atoms with Crippen LogP contribution in [-0.4, -0.2) is 8.32 Å². The lowest BCUT2D eigenvalue weighted by Crippen LogP contribution is -2.44. The van der Waals surface area contributed by atoms with E-state index >= 15 is 0 Å². The fourth-order valence-corrected chi connectivity index (χ4v) is 2.87. The number of rotatable bonds is 3. The highest BCUT2D eigenvalue weighted by atomic mass is 79.9. The van der Waals surface area contributed by atoms with E-state index in [-0.39, 0.29) is 5.04 Å². The molecule has 1 nitrogen and oxygen atoms in total. The largest absolute Gasteiger partial charge is 0.543 e. The molecule has 0 atom stereocenters. The molecule has 0 saturated heterocycles. The predicted octanol–water partition coefficient (Wildman–Crippen LogP) is 5.98. The molecule has 0 aliphatic carbocycles. The maximum Gasteiger partial charge on any atom is 0.416 e. The molecule has 0 amide bonds. The third kappa shape index (κ3) is 4.01. The average Bonchev–Trinajstić information content (AvgIpc) is 2.25.